The molecule has 1 atom stereocenters. The number of hydrogen-bond acceptors (Lipinski definition) is 4. The topological polar surface area (TPSA) is 48.0 Å². The molecule has 1 rings (SSSR count). The smallest absolute Gasteiger partial charge is 0.269 e. The quantitative estimate of drug-likeness (QED) is 0.490. The van der Waals surface area contributed by atoms with Crippen LogP contribution in [0.2, 0.25) is 0 Å². The van der Waals surface area contributed by atoms with Crippen LogP contribution in [0.4, 0.5) is 0 Å². The number of benzene rings is 1. The molecule has 0 aliphatic heterocycles. The van der Waals surface area contributed by atoms with Crippen LogP contribution in [0.15, 0.2) is 36.4 Å². The van der Waals surface area contributed by atoms with Gasteiger partial charge in [0, 0.05) is 13.1 Å². The lowest BCUT2D eigenvalue weighted by molar-refractivity contribution is -0.162. The van der Waals surface area contributed by atoms with E-state index in [-0.39, 0.29) is 12.0 Å². The Morgan fingerprint density at radius 1 is 1.26 bits per heavy atom. The summed E-state index contributed by atoms with van der Waals surface area (Å²) in [7, 11) is 4.69. The second-order valence-corrected chi connectivity index (χ2v) is 5.23. The number of carbonyl (C=O) groups excluding carboxylic acids is 1. The van der Waals surface area contributed by atoms with Crippen LogP contribution in [0, 0.1) is 0 Å². The van der Waals surface area contributed by atoms with Crippen molar-refractivity contribution in [2.24, 2.45) is 0 Å². The van der Waals surface area contributed by atoms with Crippen molar-refractivity contribution in [3.8, 4) is 5.75 Å². The molecule has 0 saturated heterocycles. The van der Waals surface area contributed by atoms with Crippen LogP contribution in [0.25, 0.3) is 0 Å². The lowest BCUT2D eigenvalue weighted by Gasteiger charge is -2.16. The van der Waals surface area contributed by atoms with Crippen molar-refractivity contribution in [2.75, 3.05) is 21.3 Å². The molecule has 0 bridgehead atoms. The largest absolute Gasteiger partial charge is 0.497 e. The van der Waals surface area contributed by atoms with Crippen LogP contribution in [0.5, 0.6) is 5.75 Å². The van der Waals surface area contributed by atoms with Gasteiger partial charge in [0.2, 0.25) is 0 Å². The summed E-state index contributed by atoms with van der Waals surface area (Å²) in [6.45, 7) is 2.67. The molecule has 23 heavy (non-hydrogen) atoms. The van der Waals surface area contributed by atoms with E-state index in [1.54, 1.807) is 14.2 Å². The van der Waals surface area contributed by atoms with Crippen molar-refractivity contribution in [1.82, 2.24) is 5.06 Å². The van der Waals surface area contributed by atoms with Gasteiger partial charge in [-0.2, -0.15) is 0 Å². The molecule has 0 fully saturated rings. The van der Waals surface area contributed by atoms with Crippen LogP contribution >= 0.6 is 0 Å². The Bertz CT molecular complexity index is 484. The van der Waals surface area contributed by atoms with Crippen molar-refractivity contribution in [1.29, 1.82) is 0 Å². The molecule has 0 spiro atoms. The monoisotopic (exact) mass is 321 g/mol. The van der Waals surface area contributed by atoms with E-state index in [0.29, 0.717) is 13.0 Å². The molecule has 0 N–H and O–H groups in total. The summed E-state index contributed by atoms with van der Waals surface area (Å²) >= 11 is 0. The van der Waals surface area contributed by atoms with Gasteiger partial charge >= 0.3 is 0 Å². The number of ether oxygens (including phenoxy) is 2. The minimum absolute atomic E-state index is 0.0963. The summed E-state index contributed by atoms with van der Waals surface area (Å²) in [5.41, 5.74) is 1.10. The molecule has 1 amide bonds. The minimum Gasteiger partial charge on any atom is -0.497 e. The molecule has 0 heterocycles. The zero-order chi connectivity index (χ0) is 17.1. The van der Waals surface area contributed by atoms with Gasteiger partial charge in [-0.15, -0.1) is 0 Å². The summed E-state index contributed by atoms with van der Waals surface area (Å²) < 4.78 is 11.1. The van der Waals surface area contributed by atoms with Crippen molar-refractivity contribution in [2.45, 2.75) is 38.9 Å². The zero-order valence-corrected chi connectivity index (χ0v) is 14.5. The van der Waals surface area contributed by atoms with Crippen LogP contribution < -0.4 is 4.74 Å². The fraction of sp³-hybridized carbons (Fsp3) is 0.500. The van der Waals surface area contributed by atoms with Crippen LogP contribution in [-0.2, 0) is 21.0 Å². The van der Waals surface area contributed by atoms with Gasteiger partial charge in [0.25, 0.3) is 5.91 Å². The first-order valence-corrected chi connectivity index (χ1v) is 7.83. The van der Waals surface area contributed by atoms with Gasteiger partial charge in [-0.3, -0.25) is 9.63 Å². The van der Waals surface area contributed by atoms with Crippen molar-refractivity contribution >= 4 is 5.91 Å². The molecular weight excluding hydrogens is 294 g/mol. The number of carbonyl (C=O) groups is 1. The molecule has 128 valence electrons. The molecule has 0 saturated carbocycles. The van der Waals surface area contributed by atoms with E-state index < -0.39 is 0 Å². The average molecular weight is 321 g/mol. The summed E-state index contributed by atoms with van der Waals surface area (Å²) in [5.74, 6) is 0.653. The summed E-state index contributed by atoms with van der Waals surface area (Å²) in [6.07, 6.45) is 6.14. The van der Waals surface area contributed by atoms with E-state index in [1.807, 2.05) is 30.3 Å². The Hall–Kier alpha value is -1.85. The SMILES string of the molecule is CCC[C@H](C/C=C/C(=O)N(C)OC)OCc1ccc(OC)cc1. The first-order valence-electron chi connectivity index (χ1n) is 7.83. The minimum atomic E-state index is -0.182. The number of hydrogen-bond donors (Lipinski definition) is 0. The summed E-state index contributed by atoms with van der Waals surface area (Å²) in [6, 6.07) is 7.84. The van der Waals surface area contributed by atoms with Crippen LogP contribution in [0.1, 0.15) is 31.7 Å². The van der Waals surface area contributed by atoms with Gasteiger partial charge < -0.3 is 9.47 Å². The van der Waals surface area contributed by atoms with Gasteiger partial charge in [-0.05, 0) is 30.5 Å². The van der Waals surface area contributed by atoms with E-state index in [0.717, 1.165) is 24.2 Å². The van der Waals surface area contributed by atoms with Gasteiger partial charge in [0.1, 0.15) is 5.75 Å². The molecule has 1 aromatic carbocycles. The van der Waals surface area contributed by atoms with E-state index in [1.165, 1.54) is 18.2 Å². The highest BCUT2D eigenvalue weighted by Gasteiger charge is 2.08. The number of nitrogens with zero attached hydrogens (tertiary/aromatic N) is 1. The van der Waals surface area contributed by atoms with Crippen molar-refractivity contribution in [3.63, 3.8) is 0 Å². The number of likely N-dealkylation sites (N-methyl/N-ethyl adjacent to an activating group) is 1. The first kappa shape index (κ1) is 19.2. The highest BCUT2D eigenvalue weighted by Crippen LogP contribution is 2.15. The Balaban J connectivity index is 2.47. The Morgan fingerprint density at radius 2 is 1.96 bits per heavy atom. The predicted molar refractivity (Wildman–Crippen MR) is 90.0 cm³/mol. The Kier molecular flexibility index (Phi) is 9.02. The van der Waals surface area contributed by atoms with E-state index in [9.17, 15) is 4.79 Å². The highest BCUT2D eigenvalue weighted by molar-refractivity contribution is 5.86. The molecule has 0 aliphatic carbocycles. The molecule has 0 aliphatic rings. The van der Waals surface area contributed by atoms with E-state index in [4.69, 9.17) is 14.3 Å². The second kappa shape index (κ2) is 10.8. The van der Waals surface area contributed by atoms with Gasteiger partial charge in [-0.25, -0.2) is 5.06 Å². The zero-order valence-electron chi connectivity index (χ0n) is 14.5. The number of hydroxylamine groups is 2. The maximum Gasteiger partial charge on any atom is 0.269 e. The molecule has 0 aromatic heterocycles. The molecule has 0 unspecified atom stereocenters. The lowest BCUT2D eigenvalue weighted by Crippen LogP contribution is -2.23. The number of rotatable bonds is 10. The van der Waals surface area contributed by atoms with E-state index >= 15 is 0 Å². The molecular formula is C18H27NO4. The lowest BCUT2D eigenvalue weighted by atomic mass is 10.1. The van der Waals surface area contributed by atoms with Gasteiger partial charge in [0.15, 0.2) is 0 Å². The predicted octanol–water partition coefficient (Wildman–Crippen LogP) is 3.35. The van der Waals surface area contributed by atoms with Gasteiger partial charge in [-0.1, -0.05) is 31.6 Å². The Labute approximate surface area is 138 Å². The summed E-state index contributed by atoms with van der Waals surface area (Å²) in [4.78, 5) is 16.4. The second-order valence-electron chi connectivity index (χ2n) is 5.23. The first-order chi connectivity index (χ1) is 11.1. The average Bonchev–Trinajstić information content (AvgIpc) is 2.59. The van der Waals surface area contributed by atoms with Gasteiger partial charge in [0.05, 0.1) is 26.9 Å². The maximum absolute atomic E-state index is 11.6. The fourth-order valence-corrected chi connectivity index (χ4v) is 2.04. The van der Waals surface area contributed by atoms with E-state index in [2.05, 4.69) is 6.92 Å². The molecule has 1 aromatic rings. The standard InChI is InChI=1S/C18H27NO4/c1-5-7-17(8-6-9-18(20)19(2)22-4)23-14-15-10-12-16(21-3)13-11-15/h6,9-13,17H,5,7-8,14H2,1-4H3/b9-6+/t17-/m1/s1. The fourth-order valence-electron chi connectivity index (χ4n) is 2.04. The third-order valence-corrected chi connectivity index (χ3v) is 3.50. The molecule has 5 nitrogen and oxygen atoms in total. The normalized spacial score (nSPS) is 12.3. The third-order valence-electron chi connectivity index (χ3n) is 3.50. The van der Waals surface area contributed by atoms with Crippen LogP contribution in [-0.4, -0.2) is 38.3 Å². The van der Waals surface area contributed by atoms with Crippen LogP contribution in [0.3, 0.4) is 0 Å². The highest BCUT2D eigenvalue weighted by atomic mass is 16.7. The maximum atomic E-state index is 11.6. The third kappa shape index (κ3) is 7.30. The summed E-state index contributed by atoms with van der Waals surface area (Å²) in [5, 5.41) is 1.18. The molecule has 0 radical (unpaired) electrons. The number of amides is 1. The van der Waals surface area contributed by atoms with Crippen molar-refractivity contribution in [3.05, 3.63) is 42.0 Å². The Morgan fingerprint density at radius 3 is 2.52 bits per heavy atom. The number of methoxy groups -OCH3 is 1. The van der Waals surface area contributed by atoms with Crippen molar-refractivity contribution < 1.29 is 19.1 Å². The molecule has 5 heteroatoms.